The van der Waals surface area contributed by atoms with Crippen molar-refractivity contribution in [1.29, 1.82) is 0 Å². The minimum Gasteiger partial charge on any atom is -0.496 e. The Bertz CT molecular complexity index is 998. The molecule has 0 amide bonds. The van der Waals surface area contributed by atoms with E-state index >= 15 is 0 Å². The van der Waals surface area contributed by atoms with Crippen LogP contribution in [0.5, 0.6) is 5.75 Å². The maximum absolute atomic E-state index is 12.6. The van der Waals surface area contributed by atoms with Crippen molar-refractivity contribution >= 4 is 28.3 Å². The van der Waals surface area contributed by atoms with Crippen LogP contribution in [0.1, 0.15) is 16.1 Å². The summed E-state index contributed by atoms with van der Waals surface area (Å²) in [5, 5.41) is 14.5. The quantitative estimate of drug-likeness (QED) is 0.787. The van der Waals surface area contributed by atoms with Crippen LogP contribution in [0.4, 0.5) is 0 Å². The first-order valence-electron chi connectivity index (χ1n) is 7.07. The number of carbonyl (C=O) groups is 1. The Morgan fingerprint density at radius 2 is 1.96 bits per heavy atom. The molecule has 1 aromatic heterocycles. The molecule has 0 saturated carbocycles. The molecule has 0 spiro atoms. The lowest BCUT2D eigenvalue weighted by atomic mass is 10.1. The van der Waals surface area contributed by atoms with Crippen molar-refractivity contribution in [1.82, 2.24) is 9.78 Å². The van der Waals surface area contributed by atoms with Crippen LogP contribution in [0.25, 0.3) is 10.8 Å². The van der Waals surface area contributed by atoms with Gasteiger partial charge >= 0.3 is 5.97 Å². The number of aromatic nitrogens is 2. The summed E-state index contributed by atoms with van der Waals surface area (Å²) in [6.07, 6.45) is 0. The summed E-state index contributed by atoms with van der Waals surface area (Å²) in [7, 11) is 1.51. The van der Waals surface area contributed by atoms with Gasteiger partial charge in [0.2, 0.25) is 0 Å². The van der Waals surface area contributed by atoms with Crippen molar-refractivity contribution in [2.45, 2.75) is 6.54 Å². The van der Waals surface area contributed by atoms with Crippen molar-refractivity contribution in [2.24, 2.45) is 0 Å². The van der Waals surface area contributed by atoms with Crippen LogP contribution in [0.15, 0.2) is 47.3 Å². The molecule has 122 valence electrons. The molecule has 0 aliphatic carbocycles. The Morgan fingerprint density at radius 1 is 1.25 bits per heavy atom. The number of hydrogen-bond donors (Lipinski definition) is 1. The molecule has 0 bridgehead atoms. The van der Waals surface area contributed by atoms with Crippen molar-refractivity contribution in [2.75, 3.05) is 7.11 Å². The van der Waals surface area contributed by atoms with Gasteiger partial charge in [0.1, 0.15) is 5.75 Å². The van der Waals surface area contributed by atoms with Crippen LogP contribution >= 0.6 is 11.6 Å². The van der Waals surface area contributed by atoms with E-state index in [1.165, 1.54) is 7.11 Å². The third kappa shape index (κ3) is 2.83. The first-order chi connectivity index (χ1) is 11.5. The molecule has 2 aromatic carbocycles. The van der Waals surface area contributed by atoms with Gasteiger partial charge in [0.15, 0.2) is 5.69 Å². The molecule has 0 fully saturated rings. The number of nitrogens with zero attached hydrogens (tertiary/aromatic N) is 2. The lowest BCUT2D eigenvalue weighted by Gasteiger charge is -2.12. The number of benzene rings is 2. The molecule has 7 heteroatoms. The van der Waals surface area contributed by atoms with Crippen LogP contribution in [-0.4, -0.2) is 28.0 Å². The predicted molar refractivity (Wildman–Crippen MR) is 90.1 cm³/mol. The van der Waals surface area contributed by atoms with Crippen molar-refractivity contribution in [3.8, 4) is 5.75 Å². The fraction of sp³-hybridized carbons (Fsp3) is 0.118. The zero-order chi connectivity index (χ0) is 17.3. The molecular weight excluding hydrogens is 332 g/mol. The van der Waals surface area contributed by atoms with Gasteiger partial charge in [0, 0.05) is 16.0 Å². The van der Waals surface area contributed by atoms with Gasteiger partial charge in [-0.2, -0.15) is 5.10 Å². The van der Waals surface area contributed by atoms with Gasteiger partial charge in [-0.15, -0.1) is 0 Å². The maximum atomic E-state index is 12.6. The highest BCUT2D eigenvalue weighted by molar-refractivity contribution is 6.30. The van der Waals surface area contributed by atoms with Crippen LogP contribution in [-0.2, 0) is 6.54 Å². The van der Waals surface area contributed by atoms with Gasteiger partial charge < -0.3 is 9.84 Å². The molecular formula is C17H13ClN2O4. The summed E-state index contributed by atoms with van der Waals surface area (Å²) in [5.41, 5.74) is 0.0787. The predicted octanol–water partition coefficient (Wildman–Crippen LogP) is 2.81. The second-order valence-corrected chi connectivity index (χ2v) is 5.55. The van der Waals surface area contributed by atoms with Gasteiger partial charge in [-0.3, -0.25) is 4.79 Å². The third-order valence-electron chi connectivity index (χ3n) is 3.63. The third-order valence-corrected chi connectivity index (χ3v) is 3.87. The molecule has 6 nitrogen and oxygen atoms in total. The first-order valence-corrected chi connectivity index (χ1v) is 7.44. The zero-order valence-electron chi connectivity index (χ0n) is 12.7. The lowest BCUT2D eigenvalue weighted by Crippen LogP contribution is -2.26. The molecule has 1 heterocycles. The Balaban J connectivity index is 2.21. The normalized spacial score (nSPS) is 10.8. The van der Waals surface area contributed by atoms with E-state index in [1.54, 1.807) is 42.5 Å². The lowest BCUT2D eigenvalue weighted by molar-refractivity contribution is 0.0690. The number of methoxy groups -OCH3 is 1. The molecule has 0 unspecified atom stereocenters. The Morgan fingerprint density at radius 3 is 2.62 bits per heavy atom. The van der Waals surface area contributed by atoms with Crippen molar-refractivity contribution in [3.05, 3.63) is 69.1 Å². The average molecular weight is 345 g/mol. The van der Waals surface area contributed by atoms with Gasteiger partial charge in [-0.25, -0.2) is 9.48 Å². The summed E-state index contributed by atoms with van der Waals surface area (Å²) in [6.45, 7) is 0.0493. The summed E-state index contributed by atoms with van der Waals surface area (Å²) < 4.78 is 6.37. The Labute approximate surface area is 141 Å². The van der Waals surface area contributed by atoms with Gasteiger partial charge in [-0.1, -0.05) is 29.8 Å². The van der Waals surface area contributed by atoms with Crippen LogP contribution < -0.4 is 10.3 Å². The summed E-state index contributed by atoms with van der Waals surface area (Å²) in [4.78, 5) is 24.1. The van der Waals surface area contributed by atoms with Crippen LogP contribution in [0, 0.1) is 0 Å². The number of carboxylic acid groups (broad SMARTS) is 1. The van der Waals surface area contributed by atoms with E-state index in [0.717, 1.165) is 4.68 Å². The number of ether oxygens (including phenoxy) is 1. The van der Waals surface area contributed by atoms with E-state index < -0.39 is 5.97 Å². The molecule has 0 aliphatic heterocycles. The van der Waals surface area contributed by atoms with Crippen LogP contribution in [0.2, 0.25) is 5.02 Å². The average Bonchev–Trinajstić information content (AvgIpc) is 2.57. The monoisotopic (exact) mass is 344 g/mol. The van der Waals surface area contributed by atoms with Gasteiger partial charge in [0.05, 0.1) is 19.0 Å². The molecule has 1 N–H and O–H groups in total. The fourth-order valence-electron chi connectivity index (χ4n) is 2.53. The molecule has 3 rings (SSSR count). The number of hydrogen-bond acceptors (Lipinski definition) is 4. The number of rotatable bonds is 4. The topological polar surface area (TPSA) is 81.4 Å². The molecule has 24 heavy (non-hydrogen) atoms. The first kappa shape index (κ1) is 16.0. The van der Waals surface area contributed by atoms with E-state index in [-0.39, 0.29) is 17.8 Å². The van der Waals surface area contributed by atoms with Crippen LogP contribution in [0.3, 0.4) is 0 Å². The molecule has 0 aliphatic rings. The van der Waals surface area contributed by atoms with Gasteiger partial charge in [0.25, 0.3) is 5.56 Å². The molecule has 0 radical (unpaired) electrons. The largest absolute Gasteiger partial charge is 0.496 e. The minimum atomic E-state index is -1.20. The smallest absolute Gasteiger partial charge is 0.357 e. The number of aromatic carboxylic acids is 1. The Hall–Kier alpha value is -2.86. The summed E-state index contributed by atoms with van der Waals surface area (Å²) in [6, 6.07) is 11.5. The van der Waals surface area contributed by atoms with Gasteiger partial charge in [-0.05, 0) is 24.3 Å². The van der Waals surface area contributed by atoms with E-state index in [0.29, 0.717) is 27.1 Å². The molecule has 0 saturated heterocycles. The van der Waals surface area contributed by atoms with E-state index in [9.17, 15) is 14.7 Å². The van der Waals surface area contributed by atoms with Crippen molar-refractivity contribution in [3.63, 3.8) is 0 Å². The van der Waals surface area contributed by atoms with E-state index in [2.05, 4.69) is 5.10 Å². The second kappa shape index (κ2) is 6.33. The van der Waals surface area contributed by atoms with E-state index in [4.69, 9.17) is 16.3 Å². The SMILES string of the molecule is COc1ccc(Cl)cc1Cn1nc(C(=O)O)c2ccccc2c1=O. The highest BCUT2D eigenvalue weighted by atomic mass is 35.5. The number of carboxylic acids is 1. The summed E-state index contributed by atoms with van der Waals surface area (Å²) >= 11 is 6.00. The fourth-order valence-corrected chi connectivity index (χ4v) is 2.73. The number of fused-ring (bicyclic) bond motifs is 1. The highest BCUT2D eigenvalue weighted by Gasteiger charge is 2.16. The number of halogens is 1. The summed E-state index contributed by atoms with van der Waals surface area (Å²) in [5.74, 6) is -0.656. The zero-order valence-corrected chi connectivity index (χ0v) is 13.4. The maximum Gasteiger partial charge on any atom is 0.357 e. The standard InChI is InChI=1S/C17H13ClN2O4/c1-24-14-7-6-11(18)8-10(14)9-20-16(21)13-5-3-2-4-12(13)15(19-20)17(22)23/h2-8H,9H2,1H3,(H,22,23). The molecule has 3 aromatic rings. The minimum absolute atomic E-state index is 0.0493. The molecule has 0 atom stereocenters. The second-order valence-electron chi connectivity index (χ2n) is 5.12. The highest BCUT2D eigenvalue weighted by Crippen LogP contribution is 2.23. The van der Waals surface area contributed by atoms with E-state index in [1.807, 2.05) is 0 Å². The Kier molecular flexibility index (Phi) is 4.22. The van der Waals surface area contributed by atoms with Crippen molar-refractivity contribution < 1.29 is 14.6 Å².